The van der Waals surface area contributed by atoms with Gasteiger partial charge >= 0.3 is 0 Å². The van der Waals surface area contributed by atoms with Crippen LogP contribution in [0.25, 0.3) is 0 Å². The Labute approximate surface area is 121 Å². The van der Waals surface area contributed by atoms with E-state index in [1.54, 1.807) is 7.11 Å². The number of hydrogen-bond donors (Lipinski definition) is 1. The molecule has 3 aliphatic heterocycles. The van der Waals surface area contributed by atoms with Gasteiger partial charge in [-0.25, -0.2) is 0 Å². The van der Waals surface area contributed by atoms with Crippen LogP contribution in [0.1, 0.15) is 38.5 Å². The third kappa shape index (κ3) is 3.23. The summed E-state index contributed by atoms with van der Waals surface area (Å²) in [6, 6.07) is 1.36. The van der Waals surface area contributed by atoms with Crippen molar-refractivity contribution < 1.29 is 9.53 Å². The average Bonchev–Trinajstić information content (AvgIpc) is 2.79. The summed E-state index contributed by atoms with van der Waals surface area (Å²) in [6.07, 6.45) is 8.89. The molecule has 1 N–H and O–H groups in total. The van der Waals surface area contributed by atoms with Gasteiger partial charge in [-0.15, -0.1) is 0 Å². The second-order valence-corrected chi connectivity index (χ2v) is 6.56. The standard InChI is InChI=1S/C16H26N2O2/c1-20-11-12-4-6-18(7-5-12)16(19)10-13-8-14-2-3-15(9-13)17-14/h4,13-15,17H,2-3,5-11H2,1H3. The summed E-state index contributed by atoms with van der Waals surface area (Å²) in [5, 5.41) is 3.64. The first-order chi connectivity index (χ1) is 9.74. The van der Waals surface area contributed by atoms with Gasteiger partial charge in [0.25, 0.3) is 0 Å². The summed E-state index contributed by atoms with van der Waals surface area (Å²) in [5.41, 5.74) is 1.33. The monoisotopic (exact) mass is 278 g/mol. The molecule has 0 saturated carbocycles. The van der Waals surface area contributed by atoms with Gasteiger partial charge in [-0.2, -0.15) is 0 Å². The number of methoxy groups -OCH3 is 1. The van der Waals surface area contributed by atoms with Crippen molar-refractivity contribution in [3.63, 3.8) is 0 Å². The van der Waals surface area contributed by atoms with Crippen LogP contribution in [0.5, 0.6) is 0 Å². The fourth-order valence-corrected chi connectivity index (χ4v) is 3.97. The van der Waals surface area contributed by atoms with E-state index >= 15 is 0 Å². The molecule has 2 bridgehead atoms. The van der Waals surface area contributed by atoms with E-state index in [2.05, 4.69) is 11.4 Å². The zero-order chi connectivity index (χ0) is 13.9. The SMILES string of the molecule is COCC1=CCN(C(=O)CC2CC3CCC(C2)N3)CC1. The normalized spacial score (nSPS) is 33.1. The topological polar surface area (TPSA) is 41.6 Å². The highest BCUT2D eigenvalue weighted by molar-refractivity contribution is 5.76. The highest BCUT2D eigenvalue weighted by atomic mass is 16.5. The summed E-state index contributed by atoms with van der Waals surface area (Å²) in [6.45, 7) is 2.35. The van der Waals surface area contributed by atoms with Crippen molar-refractivity contribution in [3.8, 4) is 0 Å². The largest absolute Gasteiger partial charge is 0.380 e. The number of ether oxygens (including phenoxy) is 1. The Kier molecular flexibility index (Phi) is 4.41. The van der Waals surface area contributed by atoms with Crippen molar-refractivity contribution in [2.75, 3.05) is 26.8 Å². The summed E-state index contributed by atoms with van der Waals surface area (Å²) < 4.78 is 5.15. The molecular weight excluding hydrogens is 252 g/mol. The molecule has 3 rings (SSSR count). The van der Waals surface area contributed by atoms with E-state index in [-0.39, 0.29) is 0 Å². The number of nitrogens with one attached hydrogen (secondary N) is 1. The van der Waals surface area contributed by atoms with Crippen LogP contribution in [0.2, 0.25) is 0 Å². The first kappa shape index (κ1) is 14.1. The molecule has 112 valence electrons. The molecule has 4 heteroatoms. The zero-order valence-corrected chi connectivity index (χ0v) is 12.4. The van der Waals surface area contributed by atoms with Crippen LogP contribution in [-0.2, 0) is 9.53 Å². The molecule has 0 aliphatic carbocycles. The van der Waals surface area contributed by atoms with Gasteiger partial charge in [-0.1, -0.05) is 6.08 Å². The highest BCUT2D eigenvalue weighted by Gasteiger charge is 2.34. The number of amides is 1. The predicted octanol–water partition coefficient (Wildman–Crippen LogP) is 1.71. The van der Waals surface area contributed by atoms with Crippen molar-refractivity contribution in [2.45, 2.75) is 50.6 Å². The molecule has 4 nitrogen and oxygen atoms in total. The number of carbonyl (C=O) groups is 1. The smallest absolute Gasteiger partial charge is 0.223 e. The molecule has 0 spiro atoms. The fraction of sp³-hybridized carbons (Fsp3) is 0.812. The number of carbonyl (C=O) groups excluding carboxylic acids is 1. The number of fused-ring (bicyclic) bond motifs is 2. The molecule has 0 aromatic rings. The van der Waals surface area contributed by atoms with Crippen LogP contribution in [0.3, 0.4) is 0 Å². The molecule has 3 heterocycles. The molecule has 2 fully saturated rings. The van der Waals surface area contributed by atoms with Gasteiger partial charge in [-0.05, 0) is 43.6 Å². The second-order valence-electron chi connectivity index (χ2n) is 6.56. The van der Waals surface area contributed by atoms with Crippen molar-refractivity contribution in [1.29, 1.82) is 0 Å². The molecule has 0 radical (unpaired) electrons. The summed E-state index contributed by atoms with van der Waals surface area (Å²) >= 11 is 0. The lowest BCUT2D eigenvalue weighted by molar-refractivity contribution is -0.132. The van der Waals surface area contributed by atoms with Gasteiger partial charge in [0.15, 0.2) is 0 Å². The summed E-state index contributed by atoms with van der Waals surface area (Å²) in [7, 11) is 1.73. The lowest BCUT2D eigenvalue weighted by Gasteiger charge is -2.32. The Hall–Kier alpha value is -0.870. The summed E-state index contributed by atoms with van der Waals surface area (Å²) in [4.78, 5) is 14.4. The van der Waals surface area contributed by atoms with Crippen LogP contribution >= 0.6 is 0 Å². The third-order valence-electron chi connectivity index (χ3n) is 5.02. The summed E-state index contributed by atoms with van der Waals surface area (Å²) in [5.74, 6) is 0.953. The van der Waals surface area contributed by atoms with Gasteiger partial charge in [0, 0.05) is 38.7 Å². The van der Waals surface area contributed by atoms with Crippen LogP contribution in [0.15, 0.2) is 11.6 Å². The van der Waals surface area contributed by atoms with Crippen LogP contribution in [-0.4, -0.2) is 49.7 Å². The molecule has 2 unspecified atom stereocenters. The van der Waals surface area contributed by atoms with E-state index in [1.807, 2.05) is 4.90 Å². The molecule has 0 aromatic heterocycles. The molecule has 2 saturated heterocycles. The first-order valence-electron chi connectivity index (χ1n) is 7.95. The number of piperidine rings is 1. The number of nitrogens with zero attached hydrogens (tertiary/aromatic N) is 1. The van der Waals surface area contributed by atoms with E-state index in [9.17, 15) is 4.79 Å². The second kappa shape index (κ2) is 6.27. The Morgan fingerprint density at radius 1 is 1.40 bits per heavy atom. The molecule has 1 amide bonds. The van der Waals surface area contributed by atoms with Gasteiger partial charge in [0.2, 0.25) is 5.91 Å². The van der Waals surface area contributed by atoms with E-state index < -0.39 is 0 Å². The Morgan fingerprint density at radius 2 is 2.15 bits per heavy atom. The van der Waals surface area contributed by atoms with Crippen molar-refractivity contribution in [2.24, 2.45) is 5.92 Å². The molecular formula is C16H26N2O2. The number of hydrogen-bond acceptors (Lipinski definition) is 3. The van der Waals surface area contributed by atoms with Crippen molar-refractivity contribution in [3.05, 3.63) is 11.6 Å². The molecule has 2 atom stereocenters. The molecule has 20 heavy (non-hydrogen) atoms. The minimum atomic E-state index is 0.351. The lowest BCUT2D eigenvalue weighted by atomic mass is 9.89. The van der Waals surface area contributed by atoms with Crippen molar-refractivity contribution in [1.82, 2.24) is 10.2 Å². The quantitative estimate of drug-likeness (QED) is 0.796. The minimum Gasteiger partial charge on any atom is -0.380 e. The van der Waals surface area contributed by atoms with E-state index in [1.165, 1.54) is 31.3 Å². The van der Waals surface area contributed by atoms with Gasteiger partial charge in [-0.3, -0.25) is 4.79 Å². The lowest BCUT2D eigenvalue weighted by Crippen LogP contribution is -2.41. The van der Waals surface area contributed by atoms with E-state index in [0.717, 1.165) is 25.9 Å². The molecule has 0 aromatic carbocycles. The van der Waals surface area contributed by atoms with Crippen molar-refractivity contribution >= 4 is 5.91 Å². The Bertz CT molecular complexity index is 382. The molecule has 3 aliphatic rings. The third-order valence-corrected chi connectivity index (χ3v) is 5.02. The van der Waals surface area contributed by atoms with Crippen LogP contribution in [0.4, 0.5) is 0 Å². The Morgan fingerprint density at radius 3 is 2.75 bits per heavy atom. The maximum absolute atomic E-state index is 12.4. The first-order valence-corrected chi connectivity index (χ1v) is 7.95. The zero-order valence-electron chi connectivity index (χ0n) is 12.4. The highest BCUT2D eigenvalue weighted by Crippen LogP contribution is 2.33. The average molecular weight is 278 g/mol. The maximum atomic E-state index is 12.4. The van der Waals surface area contributed by atoms with Gasteiger partial charge < -0.3 is 15.0 Å². The van der Waals surface area contributed by atoms with Gasteiger partial charge in [0.1, 0.15) is 0 Å². The minimum absolute atomic E-state index is 0.351. The van der Waals surface area contributed by atoms with Gasteiger partial charge in [0.05, 0.1) is 6.61 Å². The fourth-order valence-electron chi connectivity index (χ4n) is 3.97. The Balaban J connectivity index is 1.48. The van der Waals surface area contributed by atoms with Crippen LogP contribution < -0.4 is 5.32 Å². The maximum Gasteiger partial charge on any atom is 0.223 e. The van der Waals surface area contributed by atoms with E-state index in [4.69, 9.17) is 4.74 Å². The predicted molar refractivity (Wildman–Crippen MR) is 78.4 cm³/mol. The van der Waals surface area contributed by atoms with Crippen LogP contribution in [0, 0.1) is 5.92 Å². The number of rotatable bonds is 4. The van der Waals surface area contributed by atoms with E-state index in [0.29, 0.717) is 30.5 Å².